The molecule has 1 heterocycles. The van der Waals surface area contributed by atoms with Gasteiger partial charge >= 0.3 is 5.69 Å². The van der Waals surface area contributed by atoms with Gasteiger partial charge in [0.05, 0.1) is 27.7 Å². The van der Waals surface area contributed by atoms with E-state index in [0.29, 0.717) is 6.07 Å². The van der Waals surface area contributed by atoms with Crippen molar-refractivity contribution in [2.24, 2.45) is 5.10 Å². The maximum Gasteiger partial charge on any atom is 0.318 e. The molecular formula is C8H6N8O5. The van der Waals surface area contributed by atoms with Crippen molar-refractivity contribution in [3.63, 3.8) is 0 Å². The molecule has 0 unspecified atom stereocenters. The van der Waals surface area contributed by atoms with Crippen LogP contribution in [0.1, 0.15) is 5.56 Å². The van der Waals surface area contributed by atoms with Crippen LogP contribution >= 0.6 is 0 Å². The molecule has 3 N–H and O–H groups in total. The molecule has 0 saturated heterocycles. The number of hydrogen-bond donors (Lipinski definition) is 2. The third-order valence-electron chi connectivity index (χ3n) is 2.29. The summed E-state index contributed by atoms with van der Waals surface area (Å²) in [6.07, 6.45) is 0.905. The fraction of sp³-hybridized carbons (Fsp3) is 0. The summed E-state index contributed by atoms with van der Waals surface area (Å²) >= 11 is 0. The molecule has 1 aromatic heterocycles. The Balaban J connectivity index is 2.52. The molecule has 0 aliphatic rings. The average molecular weight is 294 g/mol. The van der Waals surface area contributed by atoms with Crippen molar-refractivity contribution in [3.8, 4) is 5.75 Å². The highest BCUT2D eigenvalue weighted by Crippen LogP contribution is 2.33. The van der Waals surface area contributed by atoms with Crippen LogP contribution in [-0.2, 0) is 0 Å². The van der Waals surface area contributed by atoms with E-state index < -0.39 is 27.0 Å². The Hall–Kier alpha value is -3.64. The fourth-order valence-electron chi connectivity index (χ4n) is 1.36. The number of non-ortho nitro benzene ring substituents is 1. The molecule has 0 aliphatic heterocycles. The number of nitrogens with zero attached hydrogens (tertiary/aromatic N) is 7. The van der Waals surface area contributed by atoms with Crippen molar-refractivity contribution in [1.29, 1.82) is 0 Å². The van der Waals surface area contributed by atoms with Crippen LogP contribution < -0.4 is 5.73 Å². The van der Waals surface area contributed by atoms with Crippen molar-refractivity contribution in [2.75, 3.05) is 5.73 Å². The molecule has 2 rings (SSSR count). The first kappa shape index (κ1) is 13.8. The van der Waals surface area contributed by atoms with E-state index in [0.717, 1.165) is 17.1 Å². The van der Waals surface area contributed by atoms with E-state index in [9.17, 15) is 25.3 Å². The lowest BCUT2D eigenvalue weighted by atomic mass is 10.1. The SMILES string of the molecule is Nc1nnnn1/N=C/c1cc([N+](=O)[O-])cc([N+](=O)[O-])c1O. The third-order valence-corrected chi connectivity index (χ3v) is 2.29. The number of rotatable bonds is 4. The molecule has 0 aliphatic carbocycles. The van der Waals surface area contributed by atoms with Gasteiger partial charge in [-0.25, -0.2) is 0 Å². The molecular weight excluding hydrogens is 288 g/mol. The maximum absolute atomic E-state index is 10.8. The van der Waals surface area contributed by atoms with Gasteiger partial charge in [-0.2, -0.15) is 5.10 Å². The maximum atomic E-state index is 10.8. The molecule has 0 fully saturated rings. The first-order valence-corrected chi connectivity index (χ1v) is 5.14. The zero-order valence-electron chi connectivity index (χ0n) is 10.0. The van der Waals surface area contributed by atoms with Gasteiger partial charge in [0, 0.05) is 6.07 Å². The molecule has 108 valence electrons. The monoisotopic (exact) mass is 294 g/mol. The van der Waals surface area contributed by atoms with Gasteiger partial charge < -0.3 is 10.8 Å². The standard InChI is InChI=1S/C8H6N8O5/c9-8-11-12-13-14(8)10-3-4-1-5(15(18)19)2-6(7(4)17)16(20)21/h1-3,17H,(H2,9,11,13)/b10-3+. The van der Waals surface area contributed by atoms with Crippen LogP contribution in [0.4, 0.5) is 17.3 Å². The number of nitrogen functional groups attached to an aromatic ring is 1. The minimum absolute atomic E-state index is 0.175. The Morgan fingerprint density at radius 3 is 2.57 bits per heavy atom. The molecule has 0 radical (unpaired) electrons. The van der Waals surface area contributed by atoms with Gasteiger partial charge in [-0.15, -0.1) is 0 Å². The van der Waals surface area contributed by atoms with E-state index in [1.807, 2.05) is 0 Å². The lowest BCUT2D eigenvalue weighted by Crippen LogP contribution is -2.01. The van der Waals surface area contributed by atoms with E-state index in [2.05, 4.69) is 20.6 Å². The van der Waals surface area contributed by atoms with Crippen LogP contribution in [0.25, 0.3) is 0 Å². The minimum Gasteiger partial charge on any atom is -0.502 e. The number of hydrogen-bond acceptors (Lipinski definition) is 10. The predicted octanol–water partition coefficient (Wildman–Crippen LogP) is -0.341. The summed E-state index contributed by atoms with van der Waals surface area (Å²) in [6.45, 7) is 0. The smallest absolute Gasteiger partial charge is 0.318 e. The summed E-state index contributed by atoms with van der Waals surface area (Å²) < 4.78 is 0. The highest BCUT2D eigenvalue weighted by molar-refractivity contribution is 5.87. The molecule has 13 nitrogen and oxygen atoms in total. The van der Waals surface area contributed by atoms with Crippen LogP contribution in [0.2, 0.25) is 0 Å². The Morgan fingerprint density at radius 2 is 2.05 bits per heavy atom. The second-order valence-corrected chi connectivity index (χ2v) is 3.59. The first-order chi connectivity index (χ1) is 9.90. The van der Waals surface area contributed by atoms with Crippen LogP contribution in [0.3, 0.4) is 0 Å². The number of anilines is 1. The van der Waals surface area contributed by atoms with Crippen molar-refractivity contribution >= 4 is 23.5 Å². The predicted molar refractivity (Wildman–Crippen MR) is 66.6 cm³/mol. The van der Waals surface area contributed by atoms with Crippen LogP contribution in [-0.4, -0.2) is 41.5 Å². The topological polar surface area (TPSA) is 188 Å². The van der Waals surface area contributed by atoms with Crippen molar-refractivity contribution in [2.45, 2.75) is 0 Å². The van der Waals surface area contributed by atoms with Crippen LogP contribution in [0.15, 0.2) is 17.2 Å². The molecule has 0 bridgehead atoms. The van der Waals surface area contributed by atoms with E-state index in [1.54, 1.807) is 0 Å². The average Bonchev–Trinajstić information content (AvgIpc) is 2.82. The Labute approximate surface area is 114 Å². The number of tetrazole rings is 1. The molecule has 0 spiro atoms. The summed E-state index contributed by atoms with van der Waals surface area (Å²) in [5.41, 5.74) is 3.67. The molecule has 13 heteroatoms. The third kappa shape index (κ3) is 2.70. The normalized spacial score (nSPS) is 10.9. The summed E-state index contributed by atoms with van der Waals surface area (Å²) in [5, 5.41) is 44.7. The van der Waals surface area contributed by atoms with E-state index in [1.165, 1.54) is 0 Å². The van der Waals surface area contributed by atoms with Crippen molar-refractivity contribution in [3.05, 3.63) is 37.9 Å². The number of aromatic nitrogens is 4. The highest BCUT2D eigenvalue weighted by Gasteiger charge is 2.23. The zero-order chi connectivity index (χ0) is 15.6. The molecule has 0 saturated carbocycles. The quantitative estimate of drug-likeness (QED) is 0.431. The second-order valence-electron chi connectivity index (χ2n) is 3.59. The van der Waals surface area contributed by atoms with Crippen LogP contribution in [0, 0.1) is 20.2 Å². The number of phenols is 1. The van der Waals surface area contributed by atoms with Gasteiger partial charge in [0.15, 0.2) is 0 Å². The van der Waals surface area contributed by atoms with E-state index in [4.69, 9.17) is 5.73 Å². The number of aromatic hydroxyl groups is 1. The largest absolute Gasteiger partial charge is 0.502 e. The zero-order valence-corrected chi connectivity index (χ0v) is 10.0. The van der Waals surface area contributed by atoms with Gasteiger partial charge in [0.25, 0.3) is 11.6 Å². The summed E-state index contributed by atoms with van der Waals surface area (Å²) in [4.78, 5) is 20.5. The number of nitrogens with two attached hydrogens (primary N) is 1. The molecule has 0 atom stereocenters. The van der Waals surface area contributed by atoms with Crippen molar-refractivity contribution < 1.29 is 15.0 Å². The number of phenolic OH excluding ortho intramolecular Hbond substituents is 1. The number of benzene rings is 1. The summed E-state index contributed by atoms with van der Waals surface area (Å²) in [7, 11) is 0. The Kier molecular flexibility index (Phi) is 3.38. The molecule has 0 amide bonds. The van der Waals surface area contributed by atoms with Gasteiger partial charge in [-0.3, -0.25) is 20.2 Å². The van der Waals surface area contributed by atoms with Crippen LogP contribution in [0.5, 0.6) is 5.75 Å². The Morgan fingerprint density at radius 1 is 1.33 bits per heavy atom. The molecule has 21 heavy (non-hydrogen) atoms. The second kappa shape index (κ2) is 5.16. The van der Waals surface area contributed by atoms with E-state index >= 15 is 0 Å². The summed E-state index contributed by atoms with van der Waals surface area (Å²) in [5.74, 6) is -0.952. The Bertz CT molecular complexity index is 753. The fourth-order valence-corrected chi connectivity index (χ4v) is 1.36. The highest BCUT2D eigenvalue weighted by atomic mass is 16.6. The number of nitro benzene ring substituents is 2. The minimum atomic E-state index is -0.953. The number of nitro groups is 2. The van der Waals surface area contributed by atoms with Gasteiger partial charge in [-0.05, 0) is 10.4 Å². The lowest BCUT2D eigenvalue weighted by molar-refractivity contribution is -0.394. The lowest BCUT2D eigenvalue weighted by Gasteiger charge is -2.00. The van der Waals surface area contributed by atoms with Gasteiger partial charge in [0.1, 0.15) is 0 Å². The van der Waals surface area contributed by atoms with Crippen molar-refractivity contribution in [1.82, 2.24) is 20.3 Å². The molecule has 1 aromatic carbocycles. The van der Waals surface area contributed by atoms with Gasteiger partial charge in [0.2, 0.25) is 5.75 Å². The first-order valence-electron chi connectivity index (χ1n) is 5.14. The molecule has 2 aromatic rings. The van der Waals surface area contributed by atoms with Gasteiger partial charge in [-0.1, -0.05) is 9.89 Å². The van der Waals surface area contributed by atoms with E-state index in [-0.39, 0.29) is 11.5 Å². The summed E-state index contributed by atoms with van der Waals surface area (Å²) in [6, 6.07) is 1.55.